The molecule has 0 aliphatic carbocycles. The standard InChI is InChI=1S/C13H18BrClFN/c1-2-3-8-17(9-7-14)10-11-12(15)5-4-6-13(11)16/h4-6H,2-3,7-10H2,1H3. The molecule has 0 heterocycles. The summed E-state index contributed by atoms with van der Waals surface area (Å²) in [4.78, 5) is 2.22. The first kappa shape index (κ1) is 14.9. The zero-order chi connectivity index (χ0) is 12.7. The second-order valence-corrected chi connectivity index (χ2v) is 5.22. The molecule has 96 valence electrons. The topological polar surface area (TPSA) is 3.24 Å². The molecule has 0 atom stereocenters. The Morgan fingerprint density at radius 1 is 1.35 bits per heavy atom. The van der Waals surface area contributed by atoms with Crippen LogP contribution in [0.5, 0.6) is 0 Å². The normalized spacial score (nSPS) is 11.1. The van der Waals surface area contributed by atoms with E-state index in [1.807, 2.05) is 0 Å². The molecule has 17 heavy (non-hydrogen) atoms. The van der Waals surface area contributed by atoms with Crippen LogP contribution >= 0.6 is 27.5 Å². The van der Waals surface area contributed by atoms with E-state index in [9.17, 15) is 4.39 Å². The maximum atomic E-state index is 13.7. The maximum absolute atomic E-state index is 13.7. The van der Waals surface area contributed by atoms with E-state index in [0.717, 1.165) is 31.3 Å². The summed E-state index contributed by atoms with van der Waals surface area (Å²) < 4.78 is 13.7. The third kappa shape index (κ3) is 4.94. The molecule has 4 heteroatoms. The predicted molar refractivity (Wildman–Crippen MR) is 75.4 cm³/mol. The summed E-state index contributed by atoms with van der Waals surface area (Å²) in [6.07, 6.45) is 2.27. The van der Waals surface area contributed by atoms with Gasteiger partial charge in [-0.05, 0) is 25.1 Å². The first-order chi connectivity index (χ1) is 8.19. The summed E-state index contributed by atoms with van der Waals surface area (Å²) >= 11 is 9.45. The van der Waals surface area contributed by atoms with Crippen molar-refractivity contribution in [1.29, 1.82) is 0 Å². The third-order valence-corrected chi connectivity index (χ3v) is 3.38. The molecule has 0 saturated carbocycles. The highest BCUT2D eigenvalue weighted by Crippen LogP contribution is 2.21. The van der Waals surface area contributed by atoms with Crippen molar-refractivity contribution in [1.82, 2.24) is 4.90 Å². The van der Waals surface area contributed by atoms with Crippen molar-refractivity contribution in [2.75, 3.05) is 18.4 Å². The van der Waals surface area contributed by atoms with Crippen LogP contribution in [0.25, 0.3) is 0 Å². The molecule has 0 saturated heterocycles. The Kier molecular flexibility index (Phi) is 7.09. The first-order valence-corrected chi connectivity index (χ1v) is 7.40. The Bertz CT molecular complexity index is 326. The van der Waals surface area contributed by atoms with Gasteiger partial charge in [-0.2, -0.15) is 0 Å². The molecule has 1 aromatic rings. The van der Waals surface area contributed by atoms with E-state index in [1.54, 1.807) is 12.1 Å². The lowest BCUT2D eigenvalue weighted by atomic mass is 10.2. The largest absolute Gasteiger partial charge is 0.298 e. The Morgan fingerprint density at radius 2 is 2.12 bits per heavy atom. The number of benzene rings is 1. The second-order valence-electron chi connectivity index (χ2n) is 4.02. The van der Waals surface area contributed by atoms with Gasteiger partial charge in [-0.15, -0.1) is 0 Å². The van der Waals surface area contributed by atoms with Crippen molar-refractivity contribution >= 4 is 27.5 Å². The fourth-order valence-corrected chi connectivity index (χ4v) is 2.40. The van der Waals surface area contributed by atoms with E-state index in [0.29, 0.717) is 17.1 Å². The van der Waals surface area contributed by atoms with Crippen LogP contribution in [0.15, 0.2) is 18.2 Å². The number of alkyl halides is 1. The van der Waals surface area contributed by atoms with Crippen molar-refractivity contribution < 1.29 is 4.39 Å². The summed E-state index contributed by atoms with van der Waals surface area (Å²) in [7, 11) is 0. The van der Waals surface area contributed by atoms with Gasteiger partial charge < -0.3 is 0 Å². The average molecular weight is 323 g/mol. The molecule has 0 aliphatic rings. The number of rotatable bonds is 7. The quantitative estimate of drug-likeness (QED) is 0.669. The van der Waals surface area contributed by atoms with E-state index < -0.39 is 0 Å². The highest BCUT2D eigenvalue weighted by Gasteiger charge is 2.11. The van der Waals surface area contributed by atoms with Crippen molar-refractivity contribution in [3.8, 4) is 0 Å². The lowest BCUT2D eigenvalue weighted by molar-refractivity contribution is 0.274. The highest BCUT2D eigenvalue weighted by molar-refractivity contribution is 9.09. The summed E-state index contributed by atoms with van der Waals surface area (Å²) in [6.45, 7) is 4.62. The van der Waals surface area contributed by atoms with E-state index >= 15 is 0 Å². The summed E-state index contributed by atoms with van der Waals surface area (Å²) in [5.74, 6) is -0.214. The van der Waals surface area contributed by atoms with Gasteiger partial charge in [-0.1, -0.05) is 46.9 Å². The average Bonchev–Trinajstić information content (AvgIpc) is 2.31. The van der Waals surface area contributed by atoms with Crippen LogP contribution in [-0.2, 0) is 6.54 Å². The van der Waals surface area contributed by atoms with Crippen LogP contribution in [0.1, 0.15) is 25.3 Å². The lowest BCUT2D eigenvalue weighted by Crippen LogP contribution is -2.27. The molecule has 0 amide bonds. The van der Waals surface area contributed by atoms with Crippen LogP contribution in [0.3, 0.4) is 0 Å². The SMILES string of the molecule is CCCCN(CCBr)Cc1c(F)cccc1Cl. The van der Waals surface area contributed by atoms with Crippen molar-refractivity contribution in [3.05, 3.63) is 34.6 Å². The molecular weight excluding hydrogens is 305 g/mol. The first-order valence-electron chi connectivity index (χ1n) is 5.90. The molecule has 0 aliphatic heterocycles. The number of halogens is 3. The minimum atomic E-state index is -0.214. The van der Waals surface area contributed by atoms with Crippen molar-refractivity contribution in [2.45, 2.75) is 26.3 Å². The van der Waals surface area contributed by atoms with Crippen molar-refractivity contribution in [3.63, 3.8) is 0 Å². The molecular formula is C13H18BrClFN. The van der Waals surface area contributed by atoms with Crippen LogP contribution in [0.2, 0.25) is 5.02 Å². The van der Waals surface area contributed by atoms with Gasteiger partial charge in [0.2, 0.25) is 0 Å². The zero-order valence-electron chi connectivity index (χ0n) is 10.1. The van der Waals surface area contributed by atoms with Crippen LogP contribution in [0.4, 0.5) is 4.39 Å². The summed E-state index contributed by atoms with van der Waals surface area (Å²) in [5, 5.41) is 1.41. The molecule has 1 aromatic carbocycles. The zero-order valence-corrected chi connectivity index (χ0v) is 12.4. The summed E-state index contributed by atoms with van der Waals surface area (Å²) in [5.41, 5.74) is 0.603. The second kappa shape index (κ2) is 8.06. The molecule has 1 nitrogen and oxygen atoms in total. The molecule has 0 unspecified atom stereocenters. The molecule has 1 rings (SSSR count). The van der Waals surface area contributed by atoms with Gasteiger partial charge in [0.15, 0.2) is 0 Å². The van der Waals surface area contributed by atoms with Gasteiger partial charge in [0.1, 0.15) is 5.82 Å². The number of hydrogen-bond donors (Lipinski definition) is 0. The van der Waals surface area contributed by atoms with Gasteiger partial charge in [-0.25, -0.2) is 4.39 Å². The van der Waals surface area contributed by atoms with Crippen LogP contribution < -0.4 is 0 Å². The Balaban J connectivity index is 2.70. The van der Waals surface area contributed by atoms with E-state index in [1.165, 1.54) is 6.07 Å². The Labute approximate surface area is 116 Å². The fourth-order valence-electron chi connectivity index (χ4n) is 1.68. The monoisotopic (exact) mass is 321 g/mol. The summed E-state index contributed by atoms with van der Waals surface area (Å²) in [6, 6.07) is 4.85. The van der Waals surface area contributed by atoms with Crippen LogP contribution in [0, 0.1) is 5.82 Å². The van der Waals surface area contributed by atoms with Gasteiger partial charge in [0.05, 0.1) is 0 Å². The fraction of sp³-hybridized carbons (Fsp3) is 0.538. The molecule has 0 radical (unpaired) electrons. The van der Waals surface area contributed by atoms with Gasteiger partial charge in [0, 0.05) is 29.0 Å². The van der Waals surface area contributed by atoms with Gasteiger partial charge in [0.25, 0.3) is 0 Å². The number of unbranched alkanes of at least 4 members (excludes halogenated alkanes) is 1. The maximum Gasteiger partial charge on any atom is 0.129 e. The smallest absolute Gasteiger partial charge is 0.129 e. The van der Waals surface area contributed by atoms with E-state index in [2.05, 4.69) is 27.8 Å². The third-order valence-electron chi connectivity index (χ3n) is 2.67. The molecule has 0 fully saturated rings. The van der Waals surface area contributed by atoms with Crippen LogP contribution in [-0.4, -0.2) is 23.3 Å². The molecule has 0 spiro atoms. The van der Waals surface area contributed by atoms with Gasteiger partial charge >= 0.3 is 0 Å². The Morgan fingerprint density at radius 3 is 2.71 bits per heavy atom. The molecule has 0 N–H and O–H groups in total. The minimum absolute atomic E-state index is 0.214. The predicted octanol–water partition coefficient (Wildman–Crippen LogP) is 4.48. The number of nitrogens with zero attached hydrogens (tertiary/aromatic N) is 1. The lowest BCUT2D eigenvalue weighted by Gasteiger charge is -2.22. The van der Waals surface area contributed by atoms with E-state index in [4.69, 9.17) is 11.6 Å². The van der Waals surface area contributed by atoms with E-state index in [-0.39, 0.29) is 5.82 Å². The minimum Gasteiger partial charge on any atom is -0.298 e. The Hall–Kier alpha value is -0.120. The van der Waals surface area contributed by atoms with Crippen molar-refractivity contribution in [2.24, 2.45) is 0 Å². The molecule has 0 bridgehead atoms. The van der Waals surface area contributed by atoms with Gasteiger partial charge in [-0.3, -0.25) is 4.90 Å². The molecule has 0 aromatic heterocycles. The number of hydrogen-bond acceptors (Lipinski definition) is 1. The highest BCUT2D eigenvalue weighted by atomic mass is 79.9.